The number of ketones is 2. The van der Waals surface area contributed by atoms with Crippen molar-refractivity contribution in [3.8, 4) is 0 Å². The molecule has 0 aliphatic carbocycles. The van der Waals surface area contributed by atoms with Crippen LogP contribution in [0.3, 0.4) is 0 Å². The lowest BCUT2D eigenvalue weighted by molar-refractivity contribution is -0.302. The van der Waals surface area contributed by atoms with E-state index in [2.05, 4.69) is 13.0 Å². The van der Waals surface area contributed by atoms with Gasteiger partial charge in [-0.15, -0.1) is 0 Å². The molecule has 4 aliphatic heterocycles. The number of methoxy groups -OCH3 is 2. The molecule has 11 atom stereocenters. The second-order valence-corrected chi connectivity index (χ2v) is 17.1. The number of ether oxygens (including phenoxy) is 4. The minimum absolute atomic E-state index is 0.00656. The van der Waals surface area contributed by atoms with Crippen LogP contribution in [0.4, 0.5) is 0 Å². The first-order valence-electron chi connectivity index (χ1n) is 19.6. The molecule has 300 valence electrons. The summed E-state index contributed by atoms with van der Waals surface area (Å²) in [6.07, 6.45) is 4.53. The Labute approximate surface area is 319 Å². The van der Waals surface area contributed by atoms with E-state index in [0.717, 1.165) is 24.3 Å². The van der Waals surface area contributed by atoms with Crippen molar-refractivity contribution in [3.05, 3.63) is 23.3 Å². The number of amides is 1. The maximum atomic E-state index is 14.1. The molecule has 3 saturated heterocycles. The van der Waals surface area contributed by atoms with Gasteiger partial charge in [0.1, 0.15) is 18.2 Å². The van der Waals surface area contributed by atoms with E-state index in [9.17, 15) is 29.4 Å². The fourth-order valence-electron chi connectivity index (χ4n) is 8.57. The SMILES string of the molecule is CC/C1=C\C(C)CC(C)CC(OC)C2OC(O)(C(=O)C(=O)N3CCCCC3C(=O)OC(C(C)=CC3CCSCC3)C(N)C(O)CC1=O)C(C)CC2OC. The van der Waals surface area contributed by atoms with E-state index in [1.54, 1.807) is 6.92 Å². The normalized spacial score (nSPS) is 39.4. The second-order valence-electron chi connectivity index (χ2n) is 15.9. The van der Waals surface area contributed by atoms with Gasteiger partial charge < -0.3 is 39.8 Å². The van der Waals surface area contributed by atoms with Crippen LogP contribution in [-0.4, -0.2) is 119 Å². The lowest BCUT2D eigenvalue weighted by Crippen LogP contribution is -2.64. The minimum Gasteiger partial charge on any atom is -0.455 e. The van der Waals surface area contributed by atoms with Gasteiger partial charge in [0.25, 0.3) is 11.7 Å². The number of hydrogen-bond acceptors (Lipinski definition) is 12. The molecule has 0 aromatic carbocycles. The van der Waals surface area contributed by atoms with Crippen molar-refractivity contribution in [2.45, 2.75) is 147 Å². The van der Waals surface area contributed by atoms with Gasteiger partial charge in [0.2, 0.25) is 5.79 Å². The van der Waals surface area contributed by atoms with E-state index >= 15 is 0 Å². The zero-order valence-corrected chi connectivity index (χ0v) is 33.6. The number of nitrogens with two attached hydrogens (primary N) is 1. The Bertz CT molecular complexity index is 1350. The van der Waals surface area contributed by atoms with Crippen molar-refractivity contribution >= 4 is 35.2 Å². The maximum absolute atomic E-state index is 14.1. The van der Waals surface area contributed by atoms with Crippen molar-refractivity contribution in [3.63, 3.8) is 0 Å². The summed E-state index contributed by atoms with van der Waals surface area (Å²) >= 11 is 1.89. The molecule has 0 aromatic rings. The van der Waals surface area contributed by atoms with Crippen molar-refractivity contribution in [1.82, 2.24) is 4.90 Å². The molecule has 0 saturated carbocycles. The Balaban J connectivity index is 1.76. The fourth-order valence-corrected chi connectivity index (χ4v) is 9.71. The number of piperidine rings is 1. The number of thioether (sulfide) groups is 1. The third-order valence-electron chi connectivity index (χ3n) is 11.7. The summed E-state index contributed by atoms with van der Waals surface area (Å²) in [7, 11) is 3.07. The smallest absolute Gasteiger partial charge is 0.329 e. The van der Waals surface area contributed by atoms with Crippen molar-refractivity contribution in [1.29, 1.82) is 0 Å². The Morgan fingerprint density at radius 1 is 1.04 bits per heavy atom. The molecular formula is C40H64N2O10S. The van der Waals surface area contributed by atoms with Crippen LogP contribution in [0, 0.1) is 23.7 Å². The first-order valence-corrected chi connectivity index (χ1v) is 20.8. The zero-order chi connectivity index (χ0) is 39.0. The molecule has 0 spiro atoms. The third kappa shape index (κ3) is 10.6. The van der Waals surface area contributed by atoms with E-state index in [-0.39, 0.29) is 49.3 Å². The predicted molar refractivity (Wildman–Crippen MR) is 203 cm³/mol. The molecule has 1 amide bonds. The average Bonchev–Trinajstić information content (AvgIpc) is 3.14. The van der Waals surface area contributed by atoms with E-state index in [1.807, 2.05) is 38.6 Å². The molecule has 13 heteroatoms. The Kier molecular flexibility index (Phi) is 16.2. The standard InChI is InChI=1S/C40H64N2O10S/c1-8-28-18-23(2)17-24(3)19-32(49-6)36-33(50-7)21-26(5)40(48,52-36)37(45)38(46)42-14-10-9-11-29(42)39(47)51-35(34(41)31(44)22-30(28)43)25(4)20-27-12-15-53-16-13-27/h18,20,23-24,26-27,29,31-36,44,48H,8-17,19,21-22,41H2,1-7H3/b25-20?,28-18+. The largest absolute Gasteiger partial charge is 0.455 e. The van der Waals surface area contributed by atoms with Gasteiger partial charge in [-0.2, -0.15) is 11.8 Å². The first-order chi connectivity index (χ1) is 25.1. The highest BCUT2D eigenvalue weighted by Crippen LogP contribution is 2.39. The molecule has 4 N–H and O–H groups in total. The highest BCUT2D eigenvalue weighted by atomic mass is 32.2. The number of hydrogen-bond donors (Lipinski definition) is 3. The molecule has 53 heavy (non-hydrogen) atoms. The predicted octanol–water partition coefficient (Wildman–Crippen LogP) is 4.13. The van der Waals surface area contributed by atoms with Crippen LogP contribution in [0.15, 0.2) is 23.3 Å². The van der Waals surface area contributed by atoms with Gasteiger partial charge in [0.15, 0.2) is 5.78 Å². The number of aliphatic hydroxyl groups is 2. The Morgan fingerprint density at radius 3 is 2.34 bits per heavy atom. The first kappa shape index (κ1) is 43.6. The van der Waals surface area contributed by atoms with Crippen LogP contribution in [0.5, 0.6) is 0 Å². The van der Waals surface area contributed by atoms with Gasteiger partial charge in [0, 0.05) is 33.1 Å². The Hall–Kier alpha value is -2.13. The molecule has 0 radical (unpaired) electrons. The van der Waals surface area contributed by atoms with Crippen LogP contribution in [0.2, 0.25) is 0 Å². The summed E-state index contributed by atoms with van der Waals surface area (Å²) in [5.41, 5.74) is 7.95. The van der Waals surface area contributed by atoms with E-state index in [0.29, 0.717) is 43.3 Å². The van der Waals surface area contributed by atoms with Crippen LogP contribution >= 0.6 is 11.8 Å². The number of fused-ring (bicyclic) bond motifs is 3. The lowest BCUT2D eigenvalue weighted by atomic mass is 9.81. The van der Waals surface area contributed by atoms with Crippen molar-refractivity contribution in [2.75, 3.05) is 32.3 Å². The Morgan fingerprint density at radius 2 is 1.70 bits per heavy atom. The van der Waals surface area contributed by atoms with Gasteiger partial charge in [-0.1, -0.05) is 39.8 Å². The lowest BCUT2D eigenvalue weighted by Gasteiger charge is -2.47. The van der Waals surface area contributed by atoms with Crippen molar-refractivity contribution in [2.24, 2.45) is 29.4 Å². The highest BCUT2D eigenvalue weighted by molar-refractivity contribution is 7.99. The average molecular weight is 765 g/mol. The molecule has 12 nitrogen and oxygen atoms in total. The maximum Gasteiger partial charge on any atom is 0.329 e. The molecular weight excluding hydrogens is 701 g/mol. The number of cyclic esters (lactones) is 1. The highest BCUT2D eigenvalue weighted by Gasteiger charge is 2.56. The van der Waals surface area contributed by atoms with Crippen LogP contribution in [0.25, 0.3) is 0 Å². The van der Waals surface area contributed by atoms with Gasteiger partial charge in [0.05, 0.1) is 24.4 Å². The number of aliphatic hydroxyl groups excluding tert-OH is 1. The molecule has 4 heterocycles. The summed E-state index contributed by atoms with van der Waals surface area (Å²) in [6, 6.07) is -2.26. The quantitative estimate of drug-likeness (QED) is 0.208. The van der Waals surface area contributed by atoms with Gasteiger partial charge in [-0.3, -0.25) is 14.4 Å². The van der Waals surface area contributed by atoms with E-state index in [1.165, 1.54) is 19.1 Å². The number of Topliss-reactive ketones (excluding diaryl/α,β-unsaturated/α-hetero) is 2. The van der Waals surface area contributed by atoms with Crippen molar-refractivity contribution < 1.29 is 48.3 Å². The second kappa shape index (κ2) is 19.6. The number of carbonyl (C=O) groups excluding carboxylic acids is 4. The fraction of sp³-hybridized carbons (Fsp3) is 0.800. The molecule has 0 aromatic heterocycles. The summed E-state index contributed by atoms with van der Waals surface area (Å²) in [4.78, 5) is 57.2. The summed E-state index contributed by atoms with van der Waals surface area (Å²) in [5.74, 6) is -4.15. The number of esters is 1. The summed E-state index contributed by atoms with van der Waals surface area (Å²) in [6.45, 7) is 9.55. The third-order valence-corrected chi connectivity index (χ3v) is 12.8. The van der Waals surface area contributed by atoms with E-state index < -0.39 is 72.0 Å². The van der Waals surface area contributed by atoms with Crippen LogP contribution in [0.1, 0.15) is 98.8 Å². The van der Waals surface area contributed by atoms with Gasteiger partial charge >= 0.3 is 5.97 Å². The summed E-state index contributed by atoms with van der Waals surface area (Å²) < 4.78 is 24.1. The molecule has 4 rings (SSSR count). The molecule has 2 bridgehead atoms. The minimum atomic E-state index is -2.49. The topological polar surface area (TPSA) is 175 Å². The molecule has 4 aliphatic rings. The van der Waals surface area contributed by atoms with Gasteiger partial charge in [-0.25, -0.2) is 4.79 Å². The van der Waals surface area contributed by atoms with Crippen LogP contribution < -0.4 is 5.73 Å². The van der Waals surface area contributed by atoms with Crippen LogP contribution in [-0.2, 0) is 38.1 Å². The monoisotopic (exact) mass is 764 g/mol. The number of allylic oxidation sites excluding steroid dienone is 3. The number of nitrogens with zero attached hydrogens (tertiary/aromatic N) is 1. The zero-order valence-electron chi connectivity index (χ0n) is 32.8. The number of rotatable bonds is 5. The summed E-state index contributed by atoms with van der Waals surface area (Å²) in [5, 5.41) is 23.4. The van der Waals surface area contributed by atoms with E-state index in [4.69, 9.17) is 24.7 Å². The molecule has 11 unspecified atom stereocenters. The molecule has 3 fully saturated rings. The van der Waals surface area contributed by atoms with Gasteiger partial charge in [-0.05, 0) is 105 Å². The number of carbonyl (C=O) groups is 4.